The van der Waals surface area contributed by atoms with Gasteiger partial charge in [0.2, 0.25) is 0 Å². The van der Waals surface area contributed by atoms with Crippen molar-refractivity contribution < 1.29 is 10.0 Å². The number of fused-ring (bicyclic) bond motifs is 1. The number of hydrogen-bond donors (Lipinski definition) is 2. The minimum atomic E-state index is -0.396. The van der Waals surface area contributed by atoms with E-state index in [1.807, 2.05) is 19.1 Å². The summed E-state index contributed by atoms with van der Waals surface area (Å²) < 4.78 is 1.74. The van der Waals surface area contributed by atoms with Crippen LogP contribution in [0.1, 0.15) is 5.56 Å². The number of aromatic nitrogens is 1. The van der Waals surface area contributed by atoms with E-state index in [0.717, 1.165) is 19.7 Å². The largest absolute Gasteiger partial charge is 0.508 e. The minimum absolute atomic E-state index is 0.153. The summed E-state index contributed by atoms with van der Waals surface area (Å²) in [5.41, 5.74) is 2.05. The molecule has 3 aromatic rings. The molecule has 0 amide bonds. The fourth-order valence-corrected chi connectivity index (χ4v) is 2.82. The topological polar surface area (TPSA) is 79.2 Å². The lowest BCUT2D eigenvalue weighted by molar-refractivity contribution is -0.384. The van der Waals surface area contributed by atoms with Gasteiger partial charge in [-0.3, -0.25) is 10.1 Å². The van der Waals surface area contributed by atoms with E-state index in [4.69, 9.17) is 17.3 Å². The smallest absolute Gasteiger partial charge is 0.269 e. The van der Waals surface area contributed by atoms with Crippen LogP contribution >= 0.6 is 23.6 Å². The number of nitro groups is 1. The molecule has 0 spiro atoms. The van der Waals surface area contributed by atoms with Gasteiger partial charge in [0.1, 0.15) is 5.75 Å². The van der Waals surface area contributed by atoms with Gasteiger partial charge in [0.25, 0.3) is 5.69 Å². The number of aromatic hydroxyl groups is 1. The van der Waals surface area contributed by atoms with Crippen LogP contribution in [0.3, 0.4) is 0 Å². The first kappa shape index (κ1) is 15.1. The van der Waals surface area contributed by atoms with E-state index in [-0.39, 0.29) is 11.4 Å². The molecule has 0 saturated heterocycles. The van der Waals surface area contributed by atoms with Gasteiger partial charge in [-0.1, -0.05) is 12.1 Å². The van der Waals surface area contributed by atoms with Crippen molar-refractivity contribution in [3.05, 3.63) is 62.1 Å². The van der Waals surface area contributed by atoms with Crippen molar-refractivity contribution in [1.82, 2.24) is 4.98 Å². The van der Waals surface area contributed by atoms with Crippen LogP contribution in [0, 0.1) is 21.0 Å². The van der Waals surface area contributed by atoms with Crippen LogP contribution in [0.5, 0.6) is 5.75 Å². The van der Waals surface area contributed by atoms with Crippen LogP contribution in [-0.4, -0.2) is 15.0 Å². The van der Waals surface area contributed by atoms with Gasteiger partial charge in [0.05, 0.1) is 15.1 Å². The predicted molar refractivity (Wildman–Crippen MR) is 86.5 cm³/mol. The summed E-state index contributed by atoms with van der Waals surface area (Å²) in [5.74, 6) is 0.280. The molecule has 0 aliphatic rings. The summed E-state index contributed by atoms with van der Waals surface area (Å²) in [7, 11) is 0. The molecular formula is C14H12N2O3S2. The summed E-state index contributed by atoms with van der Waals surface area (Å²) in [6.45, 7) is 1.83. The number of aromatic amines is 1. The molecule has 1 heterocycles. The summed E-state index contributed by atoms with van der Waals surface area (Å²) in [4.78, 5) is 12.8. The summed E-state index contributed by atoms with van der Waals surface area (Å²) in [5, 5.41) is 19.3. The fourth-order valence-electron chi connectivity index (χ4n) is 1.68. The Labute approximate surface area is 129 Å². The molecule has 0 saturated carbocycles. The highest BCUT2D eigenvalue weighted by atomic mass is 32.1. The maximum Gasteiger partial charge on any atom is 0.269 e. The van der Waals surface area contributed by atoms with Gasteiger partial charge in [0, 0.05) is 12.1 Å². The van der Waals surface area contributed by atoms with Crippen LogP contribution in [0.15, 0.2) is 42.5 Å². The van der Waals surface area contributed by atoms with Crippen molar-refractivity contribution in [2.24, 2.45) is 0 Å². The second kappa shape index (κ2) is 6.47. The molecule has 108 valence electrons. The molecule has 2 N–H and O–H groups in total. The molecule has 0 radical (unpaired) electrons. The van der Waals surface area contributed by atoms with Crippen LogP contribution in [0.4, 0.5) is 5.69 Å². The van der Waals surface area contributed by atoms with Crippen molar-refractivity contribution in [2.45, 2.75) is 6.92 Å². The third-order valence-electron chi connectivity index (χ3n) is 2.62. The van der Waals surface area contributed by atoms with Gasteiger partial charge in [-0.05, 0) is 42.9 Å². The number of phenolic OH excluding ortho intramolecular Hbond substituents is 1. The number of H-pyrrole nitrogens is 1. The van der Waals surface area contributed by atoms with Crippen molar-refractivity contribution >= 4 is 39.5 Å². The molecule has 0 aliphatic carbocycles. The van der Waals surface area contributed by atoms with Gasteiger partial charge in [-0.25, -0.2) is 0 Å². The molecule has 0 unspecified atom stereocenters. The number of thiazole rings is 1. The summed E-state index contributed by atoms with van der Waals surface area (Å²) in [6.07, 6.45) is 0. The number of nitrogens with zero attached hydrogens (tertiary/aromatic N) is 1. The van der Waals surface area contributed by atoms with E-state index in [2.05, 4.69) is 4.98 Å². The monoisotopic (exact) mass is 320 g/mol. The first-order valence-corrected chi connectivity index (χ1v) is 7.21. The number of hydrogen-bond acceptors (Lipinski definition) is 5. The average Bonchev–Trinajstić information content (AvgIpc) is 2.78. The number of rotatable bonds is 1. The zero-order chi connectivity index (χ0) is 15.4. The number of nitrogens with one attached hydrogen (secondary N) is 1. The molecule has 21 heavy (non-hydrogen) atoms. The first-order chi connectivity index (χ1) is 9.95. The van der Waals surface area contributed by atoms with E-state index in [1.165, 1.54) is 17.4 Å². The number of phenols is 1. The zero-order valence-electron chi connectivity index (χ0n) is 11.1. The van der Waals surface area contributed by atoms with E-state index < -0.39 is 4.92 Å². The standard InChI is InChI=1S/C7H7NO2.C7H5NOS2/c1-6-3-2-4-7(5-6)8(9)10;9-4-1-2-5-6(3-4)11-7(10)8-5/h2-5H,1H3;1-3,9H,(H,8,10). The third-order valence-corrected chi connectivity index (χ3v) is 3.81. The van der Waals surface area contributed by atoms with Crippen LogP contribution in [0.25, 0.3) is 10.2 Å². The van der Waals surface area contributed by atoms with E-state index in [9.17, 15) is 10.1 Å². The van der Waals surface area contributed by atoms with Crippen LogP contribution in [0.2, 0.25) is 0 Å². The minimum Gasteiger partial charge on any atom is -0.508 e. The van der Waals surface area contributed by atoms with Gasteiger partial charge in [0.15, 0.2) is 3.95 Å². The Kier molecular flexibility index (Phi) is 4.66. The van der Waals surface area contributed by atoms with Crippen molar-refractivity contribution in [3.63, 3.8) is 0 Å². The molecule has 0 aliphatic heterocycles. The second-order valence-corrected chi connectivity index (χ2v) is 6.01. The SMILES string of the molecule is Cc1cccc([N+](=O)[O-])c1.Oc1ccc2[nH]c(=S)sc2c1. The Morgan fingerprint density at radius 3 is 2.67 bits per heavy atom. The molecule has 0 atom stereocenters. The Balaban J connectivity index is 0.000000155. The maximum atomic E-state index is 10.2. The van der Waals surface area contributed by atoms with E-state index >= 15 is 0 Å². The Hall–Kier alpha value is -2.25. The molecule has 2 aromatic carbocycles. The van der Waals surface area contributed by atoms with Crippen LogP contribution < -0.4 is 0 Å². The molecular weight excluding hydrogens is 308 g/mol. The molecule has 3 rings (SSSR count). The summed E-state index contributed by atoms with van der Waals surface area (Å²) >= 11 is 6.40. The van der Waals surface area contributed by atoms with Crippen LogP contribution in [-0.2, 0) is 0 Å². The molecule has 1 aromatic heterocycles. The number of aryl methyl sites for hydroxylation is 1. The lowest BCUT2D eigenvalue weighted by Gasteiger charge is -1.90. The van der Waals surface area contributed by atoms with Gasteiger partial charge in [-0.15, -0.1) is 11.3 Å². The predicted octanol–water partition coefficient (Wildman–Crippen LogP) is 4.57. The lowest BCUT2D eigenvalue weighted by atomic mass is 10.2. The fraction of sp³-hybridized carbons (Fsp3) is 0.0714. The normalized spacial score (nSPS) is 9.95. The van der Waals surface area contributed by atoms with Crippen molar-refractivity contribution in [2.75, 3.05) is 0 Å². The Bertz CT molecular complexity index is 839. The van der Waals surface area contributed by atoms with Gasteiger partial charge < -0.3 is 10.1 Å². The molecule has 0 bridgehead atoms. The third kappa shape index (κ3) is 4.11. The quantitative estimate of drug-likeness (QED) is 0.391. The van der Waals surface area contributed by atoms with Gasteiger partial charge >= 0.3 is 0 Å². The molecule has 0 fully saturated rings. The highest BCUT2D eigenvalue weighted by Crippen LogP contribution is 2.23. The Morgan fingerprint density at radius 1 is 1.29 bits per heavy atom. The highest BCUT2D eigenvalue weighted by Gasteiger charge is 2.01. The van der Waals surface area contributed by atoms with Crippen molar-refractivity contribution in [3.8, 4) is 5.75 Å². The average molecular weight is 320 g/mol. The number of benzene rings is 2. The Morgan fingerprint density at radius 2 is 2.05 bits per heavy atom. The summed E-state index contributed by atoms with van der Waals surface area (Å²) in [6, 6.07) is 11.7. The lowest BCUT2D eigenvalue weighted by Crippen LogP contribution is -1.86. The van der Waals surface area contributed by atoms with E-state index in [1.54, 1.807) is 24.3 Å². The van der Waals surface area contributed by atoms with E-state index in [0.29, 0.717) is 0 Å². The zero-order valence-corrected chi connectivity index (χ0v) is 12.7. The van der Waals surface area contributed by atoms with Gasteiger partial charge in [-0.2, -0.15) is 0 Å². The highest BCUT2D eigenvalue weighted by molar-refractivity contribution is 7.73. The number of nitro benzene ring substituents is 1. The first-order valence-electron chi connectivity index (χ1n) is 5.98. The van der Waals surface area contributed by atoms with Crippen molar-refractivity contribution in [1.29, 1.82) is 0 Å². The number of non-ortho nitro benzene ring substituents is 1. The molecule has 5 nitrogen and oxygen atoms in total. The molecule has 7 heteroatoms. The second-order valence-electron chi connectivity index (χ2n) is 4.29. The maximum absolute atomic E-state index is 10.2.